The SMILES string of the molecule is CN1CCc2c(sc3nc(SCC4OCCO4)n(-c4cccc(Cl)c4)c(=O)c23)C1. The molecular formula is C20H20ClN3O3S2. The van der Waals surface area contributed by atoms with Crippen LogP contribution in [0.3, 0.4) is 0 Å². The topological polar surface area (TPSA) is 56.6 Å². The fourth-order valence-corrected chi connectivity index (χ4v) is 6.22. The summed E-state index contributed by atoms with van der Waals surface area (Å²) >= 11 is 9.33. The number of thiophene rings is 1. The third-order valence-electron chi connectivity index (χ3n) is 5.14. The Morgan fingerprint density at radius 1 is 1.34 bits per heavy atom. The van der Waals surface area contributed by atoms with Gasteiger partial charge in [0.2, 0.25) is 0 Å². The summed E-state index contributed by atoms with van der Waals surface area (Å²) in [6.45, 7) is 3.01. The number of nitrogens with zero attached hydrogens (tertiary/aromatic N) is 3. The molecular weight excluding hydrogens is 430 g/mol. The van der Waals surface area contributed by atoms with Crippen molar-refractivity contribution in [1.29, 1.82) is 0 Å². The number of aromatic nitrogens is 2. The number of thioether (sulfide) groups is 1. The lowest BCUT2D eigenvalue weighted by atomic mass is 10.1. The largest absolute Gasteiger partial charge is 0.349 e. The zero-order chi connectivity index (χ0) is 20.0. The minimum Gasteiger partial charge on any atom is -0.349 e. The number of halogens is 1. The number of hydrogen-bond acceptors (Lipinski definition) is 7. The lowest BCUT2D eigenvalue weighted by molar-refractivity contribution is -0.0215. The molecule has 152 valence electrons. The molecule has 1 fully saturated rings. The molecule has 0 atom stereocenters. The quantitative estimate of drug-likeness (QED) is 0.448. The molecule has 4 heterocycles. The van der Waals surface area contributed by atoms with Crippen molar-refractivity contribution in [2.75, 3.05) is 32.6 Å². The van der Waals surface area contributed by atoms with Crippen LogP contribution in [0.4, 0.5) is 0 Å². The van der Waals surface area contributed by atoms with Gasteiger partial charge >= 0.3 is 0 Å². The second-order valence-corrected chi connectivity index (χ2v) is 9.68. The van der Waals surface area contributed by atoms with E-state index < -0.39 is 0 Å². The first-order chi connectivity index (χ1) is 14.1. The van der Waals surface area contributed by atoms with Gasteiger partial charge in [0.05, 0.1) is 30.0 Å². The second kappa shape index (κ2) is 8.02. The van der Waals surface area contributed by atoms with Gasteiger partial charge in [-0.2, -0.15) is 0 Å². The maximum absolute atomic E-state index is 13.7. The van der Waals surface area contributed by atoms with E-state index in [-0.39, 0.29) is 11.8 Å². The molecule has 0 unspecified atom stereocenters. The molecule has 5 rings (SSSR count). The summed E-state index contributed by atoms with van der Waals surface area (Å²) in [5.74, 6) is 0.576. The van der Waals surface area contributed by atoms with Crippen LogP contribution in [0.5, 0.6) is 0 Å². The van der Waals surface area contributed by atoms with Gasteiger partial charge in [0.25, 0.3) is 5.56 Å². The van der Waals surface area contributed by atoms with E-state index in [1.807, 2.05) is 12.1 Å². The van der Waals surface area contributed by atoms with Gasteiger partial charge < -0.3 is 14.4 Å². The van der Waals surface area contributed by atoms with Crippen molar-refractivity contribution in [1.82, 2.24) is 14.5 Å². The second-order valence-electron chi connectivity index (χ2n) is 7.17. The van der Waals surface area contributed by atoms with Crippen molar-refractivity contribution < 1.29 is 9.47 Å². The smallest absolute Gasteiger partial charge is 0.267 e. The van der Waals surface area contributed by atoms with Gasteiger partial charge in [-0.15, -0.1) is 11.3 Å². The Morgan fingerprint density at radius 2 is 2.17 bits per heavy atom. The summed E-state index contributed by atoms with van der Waals surface area (Å²) in [5.41, 5.74) is 1.84. The maximum Gasteiger partial charge on any atom is 0.267 e. The summed E-state index contributed by atoms with van der Waals surface area (Å²) in [5, 5.41) is 1.97. The van der Waals surface area contributed by atoms with E-state index in [2.05, 4.69) is 11.9 Å². The molecule has 1 saturated heterocycles. The first-order valence-corrected chi connectivity index (χ1v) is 11.7. The molecule has 3 aromatic rings. The molecule has 2 aromatic heterocycles. The molecule has 0 saturated carbocycles. The van der Waals surface area contributed by atoms with Crippen molar-refractivity contribution >= 4 is 44.9 Å². The molecule has 0 aliphatic carbocycles. The molecule has 29 heavy (non-hydrogen) atoms. The van der Waals surface area contributed by atoms with Crippen LogP contribution >= 0.6 is 34.7 Å². The number of rotatable bonds is 4. The highest BCUT2D eigenvalue weighted by molar-refractivity contribution is 7.99. The average molecular weight is 450 g/mol. The standard InChI is InChI=1S/C20H20ClN3O3S2/c1-23-6-5-14-15(10-23)29-18-17(14)19(25)24(13-4-2-3-12(21)9-13)20(22-18)28-11-16-26-7-8-27-16/h2-4,9,16H,5-8,10-11H2,1H3. The molecule has 9 heteroatoms. The lowest BCUT2D eigenvalue weighted by Gasteiger charge is -2.21. The minimum absolute atomic E-state index is 0.0323. The molecule has 0 N–H and O–H groups in total. The van der Waals surface area contributed by atoms with Crippen molar-refractivity contribution in [2.45, 2.75) is 24.4 Å². The fourth-order valence-electron chi connectivity index (χ4n) is 3.74. The molecule has 0 spiro atoms. The highest BCUT2D eigenvalue weighted by Gasteiger charge is 2.25. The van der Waals surface area contributed by atoms with Crippen LogP contribution in [0, 0.1) is 0 Å². The summed E-state index contributed by atoms with van der Waals surface area (Å²) in [4.78, 5) is 22.9. The predicted molar refractivity (Wildman–Crippen MR) is 117 cm³/mol. The van der Waals surface area contributed by atoms with Crippen LogP contribution < -0.4 is 5.56 Å². The van der Waals surface area contributed by atoms with Gasteiger partial charge in [-0.3, -0.25) is 9.36 Å². The summed E-state index contributed by atoms with van der Waals surface area (Å²) in [7, 11) is 2.11. The highest BCUT2D eigenvalue weighted by Crippen LogP contribution is 2.34. The maximum atomic E-state index is 13.7. The fraction of sp³-hybridized carbons (Fsp3) is 0.400. The molecule has 0 radical (unpaired) electrons. The number of fused-ring (bicyclic) bond motifs is 3. The van der Waals surface area contributed by atoms with Crippen LogP contribution in [0.2, 0.25) is 5.02 Å². The van der Waals surface area contributed by atoms with Gasteiger partial charge in [0.15, 0.2) is 11.4 Å². The van der Waals surface area contributed by atoms with Crippen molar-refractivity contribution in [3.8, 4) is 5.69 Å². The van der Waals surface area contributed by atoms with Gasteiger partial charge in [0, 0.05) is 23.0 Å². The summed E-state index contributed by atoms with van der Waals surface area (Å²) in [6, 6.07) is 7.34. The third-order valence-corrected chi connectivity index (χ3v) is 7.46. The number of ether oxygens (including phenoxy) is 2. The van der Waals surface area contributed by atoms with E-state index in [4.69, 9.17) is 26.1 Å². The monoisotopic (exact) mass is 449 g/mol. The van der Waals surface area contributed by atoms with E-state index in [1.165, 1.54) is 16.6 Å². The van der Waals surface area contributed by atoms with Crippen LogP contribution in [-0.2, 0) is 22.4 Å². The van der Waals surface area contributed by atoms with Gasteiger partial charge in [-0.25, -0.2) is 4.98 Å². The van der Waals surface area contributed by atoms with Gasteiger partial charge in [-0.1, -0.05) is 29.4 Å². The van der Waals surface area contributed by atoms with E-state index in [9.17, 15) is 4.79 Å². The minimum atomic E-state index is -0.273. The zero-order valence-electron chi connectivity index (χ0n) is 15.9. The zero-order valence-corrected chi connectivity index (χ0v) is 18.3. The number of hydrogen-bond donors (Lipinski definition) is 0. The van der Waals surface area contributed by atoms with Crippen molar-refractivity contribution in [3.05, 3.63) is 50.1 Å². The van der Waals surface area contributed by atoms with Crippen LogP contribution in [0.15, 0.2) is 34.2 Å². The number of benzene rings is 1. The molecule has 1 aromatic carbocycles. The van der Waals surface area contributed by atoms with Crippen LogP contribution in [0.1, 0.15) is 10.4 Å². The van der Waals surface area contributed by atoms with E-state index in [0.717, 1.165) is 41.0 Å². The normalized spacial score (nSPS) is 17.9. The van der Waals surface area contributed by atoms with E-state index in [1.54, 1.807) is 28.0 Å². The number of likely N-dealkylation sites (N-methyl/N-ethyl adjacent to an activating group) is 1. The Labute approximate surface area is 181 Å². The molecule has 2 aliphatic rings. The summed E-state index contributed by atoms with van der Waals surface area (Å²) in [6.07, 6.45) is 0.597. The van der Waals surface area contributed by atoms with Crippen LogP contribution in [0.25, 0.3) is 15.9 Å². The first-order valence-electron chi connectivity index (χ1n) is 9.48. The Kier molecular flexibility index (Phi) is 5.40. The molecule has 0 bridgehead atoms. The van der Waals surface area contributed by atoms with Crippen LogP contribution in [-0.4, -0.2) is 53.3 Å². The van der Waals surface area contributed by atoms with E-state index in [0.29, 0.717) is 29.1 Å². The Hall–Kier alpha value is -1.42. The Bertz CT molecular complexity index is 1120. The van der Waals surface area contributed by atoms with Gasteiger partial charge in [-0.05, 0) is 37.2 Å². The first kappa shape index (κ1) is 19.5. The molecule has 6 nitrogen and oxygen atoms in total. The average Bonchev–Trinajstić information content (AvgIpc) is 3.33. The predicted octanol–water partition coefficient (Wildman–Crippen LogP) is 3.55. The molecule has 2 aliphatic heterocycles. The summed E-state index contributed by atoms with van der Waals surface area (Å²) < 4.78 is 12.8. The van der Waals surface area contributed by atoms with Crippen molar-refractivity contribution in [2.24, 2.45) is 0 Å². The van der Waals surface area contributed by atoms with Gasteiger partial charge in [0.1, 0.15) is 4.83 Å². The molecule has 0 amide bonds. The van der Waals surface area contributed by atoms with E-state index >= 15 is 0 Å². The highest BCUT2D eigenvalue weighted by atomic mass is 35.5. The Morgan fingerprint density at radius 3 is 2.97 bits per heavy atom. The van der Waals surface area contributed by atoms with Crippen molar-refractivity contribution in [3.63, 3.8) is 0 Å². The lowest BCUT2D eigenvalue weighted by Crippen LogP contribution is -2.27. The third kappa shape index (κ3) is 3.73. The Balaban J connectivity index is 1.66.